The molecule has 3 rings (SSSR count). The Hall–Kier alpha value is -1.14. The number of nitrogens with zero attached hydrogens (tertiary/aromatic N) is 2. The molecular weight excluding hydrogens is 286 g/mol. The molecule has 2 amide bonds. The van der Waals surface area contributed by atoms with E-state index in [9.17, 15) is 9.59 Å². The second kappa shape index (κ2) is 5.09. The smallest absolute Gasteiger partial charge is 0.237 e. The molecule has 1 aromatic heterocycles. The maximum atomic E-state index is 11.7. The molecule has 0 atom stereocenters. The molecule has 102 valence electrons. The molecule has 0 radical (unpaired) electrons. The summed E-state index contributed by atoms with van der Waals surface area (Å²) in [5.74, 6) is 0.207. The van der Waals surface area contributed by atoms with Crippen LogP contribution in [0.3, 0.4) is 0 Å². The lowest BCUT2D eigenvalue weighted by Gasteiger charge is -2.25. The van der Waals surface area contributed by atoms with Crippen molar-refractivity contribution in [3.8, 4) is 0 Å². The number of carbonyl (C=O) groups is 2. The van der Waals surface area contributed by atoms with Crippen LogP contribution in [-0.4, -0.2) is 34.1 Å². The molecule has 0 aromatic carbocycles. The van der Waals surface area contributed by atoms with E-state index in [0.717, 1.165) is 29.8 Å². The summed E-state index contributed by atoms with van der Waals surface area (Å²) in [5.41, 5.74) is 0.995. The van der Waals surface area contributed by atoms with Gasteiger partial charge < -0.3 is 10.2 Å². The largest absolute Gasteiger partial charge is 0.336 e. The molecule has 0 bridgehead atoms. The molecule has 5 nitrogen and oxygen atoms in total. The zero-order valence-corrected chi connectivity index (χ0v) is 11.9. The minimum absolute atomic E-state index is 0.0133. The van der Waals surface area contributed by atoms with Crippen LogP contribution < -0.4 is 5.32 Å². The van der Waals surface area contributed by atoms with Gasteiger partial charge in [-0.2, -0.15) is 0 Å². The Balaban J connectivity index is 1.69. The number of amides is 2. The van der Waals surface area contributed by atoms with E-state index in [2.05, 4.69) is 10.3 Å². The molecule has 7 heteroatoms. The minimum Gasteiger partial charge on any atom is -0.336 e. The van der Waals surface area contributed by atoms with E-state index in [4.69, 9.17) is 11.6 Å². The van der Waals surface area contributed by atoms with Crippen molar-refractivity contribution in [2.45, 2.75) is 25.8 Å². The molecule has 0 spiro atoms. The van der Waals surface area contributed by atoms with Gasteiger partial charge in [-0.3, -0.25) is 9.59 Å². The first-order chi connectivity index (χ1) is 9.17. The lowest BCUT2D eigenvalue weighted by atomic mass is 10.2. The summed E-state index contributed by atoms with van der Waals surface area (Å²) < 4.78 is 0. The quantitative estimate of drug-likeness (QED) is 0.863. The van der Waals surface area contributed by atoms with Gasteiger partial charge >= 0.3 is 0 Å². The maximum absolute atomic E-state index is 11.7. The highest BCUT2D eigenvalue weighted by molar-refractivity contribution is 7.15. The minimum atomic E-state index is -0.0516. The Bertz CT molecular complexity index is 527. The summed E-state index contributed by atoms with van der Waals surface area (Å²) in [6.07, 6.45) is 2.69. The van der Waals surface area contributed by atoms with Gasteiger partial charge in [0.15, 0.2) is 5.13 Å². The Kier molecular flexibility index (Phi) is 3.45. The third kappa shape index (κ3) is 2.74. The fourth-order valence-corrected chi connectivity index (χ4v) is 3.30. The Labute approximate surface area is 120 Å². The number of rotatable bonds is 3. The number of anilines is 1. The van der Waals surface area contributed by atoms with Crippen LogP contribution in [0.1, 0.15) is 23.4 Å². The van der Waals surface area contributed by atoms with Gasteiger partial charge in [-0.25, -0.2) is 4.98 Å². The van der Waals surface area contributed by atoms with Gasteiger partial charge in [0.25, 0.3) is 0 Å². The summed E-state index contributed by atoms with van der Waals surface area (Å²) in [5, 5.41) is 3.51. The van der Waals surface area contributed by atoms with E-state index >= 15 is 0 Å². The van der Waals surface area contributed by atoms with Crippen molar-refractivity contribution in [1.29, 1.82) is 0 Å². The molecule has 1 aromatic rings. The highest BCUT2D eigenvalue weighted by Crippen LogP contribution is 2.32. The van der Waals surface area contributed by atoms with Gasteiger partial charge in [0, 0.05) is 23.8 Å². The number of aromatic nitrogens is 1. The first-order valence-electron chi connectivity index (χ1n) is 6.30. The first-order valence-corrected chi connectivity index (χ1v) is 7.65. The topological polar surface area (TPSA) is 62.3 Å². The molecule has 1 aliphatic carbocycles. The molecule has 2 aliphatic rings. The second-order valence-electron chi connectivity index (χ2n) is 4.85. The molecule has 2 heterocycles. The molecule has 1 fully saturated rings. The molecule has 1 saturated carbocycles. The van der Waals surface area contributed by atoms with Gasteiger partial charge in [-0.1, -0.05) is 11.3 Å². The maximum Gasteiger partial charge on any atom is 0.237 e. The van der Waals surface area contributed by atoms with Gasteiger partial charge in [0.1, 0.15) is 5.88 Å². The average molecular weight is 300 g/mol. The predicted molar refractivity (Wildman–Crippen MR) is 73.3 cm³/mol. The molecule has 19 heavy (non-hydrogen) atoms. The highest BCUT2D eigenvalue weighted by Gasteiger charge is 2.31. The van der Waals surface area contributed by atoms with Gasteiger partial charge in [0.05, 0.1) is 12.2 Å². The fraction of sp³-hybridized carbons (Fsp3) is 0.583. The van der Waals surface area contributed by atoms with Crippen LogP contribution in [0.25, 0.3) is 0 Å². The van der Waals surface area contributed by atoms with Crippen LogP contribution in [-0.2, 0) is 22.6 Å². The Morgan fingerprint density at radius 1 is 1.47 bits per heavy atom. The summed E-state index contributed by atoms with van der Waals surface area (Å²) in [6.45, 7) is 1.20. The lowest BCUT2D eigenvalue weighted by molar-refractivity contribution is -0.129. The van der Waals surface area contributed by atoms with Crippen molar-refractivity contribution in [3.05, 3.63) is 10.6 Å². The normalized spacial score (nSPS) is 18.1. The van der Waals surface area contributed by atoms with E-state index in [1.807, 2.05) is 0 Å². The SMILES string of the molecule is O=C(Nc1nc2c(s1)CN(C(=O)CCl)CC2)C1CC1. The first kappa shape index (κ1) is 12.9. The number of nitrogens with one attached hydrogen (secondary N) is 1. The van der Waals surface area contributed by atoms with Gasteiger partial charge in [-0.15, -0.1) is 11.6 Å². The zero-order chi connectivity index (χ0) is 13.4. The monoisotopic (exact) mass is 299 g/mol. The van der Waals surface area contributed by atoms with Crippen molar-refractivity contribution < 1.29 is 9.59 Å². The summed E-state index contributed by atoms with van der Waals surface area (Å²) in [6, 6.07) is 0. The number of hydrogen-bond acceptors (Lipinski definition) is 4. The van der Waals surface area contributed by atoms with Gasteiger partial charge in [0.2, 0.25) is 11.8 Å². The number of carbonyl (C=O) groups excluding carboxylic acids is 2. The summed E-state index contributed by atoms with van der Waals surface area (Å²) >= 11 is 7.03. The number of halogens is 1. The van der Waals surface area contributed by atoms with Crippen LogP contribution >= 0.6 is 22.9 Å². The Morgan fingerprint density at radius 2 is 2.26 bits per heavy atom. The number of thiazole rings is 1. The Morgan fingerprint density at radius 3 is 2.95 bits per heavy atom. The van der Waals surface area contributed by atoms with Crippen LogP contribution in [0.4, 0.5) is 5.13 Å². The zero-order valence-electron chi connectivity index (χ0n) is 10.3. The van der Waals surface area contributed by atoms with Crippen molar-refractivity contribution in [2.75, 3.05) is 17.7 Å². The second-order valence-corrected chi connectivity index (χ2v) is 6.20. The van der Waals surface area contributed by atoms with Crippen LogP contribution in [0.5, 0.6) is 0 Å². The fourth-order valence-electron chi connectivity index (χ4n) is 2.10. The third-order valence-corrected chi connectivity index (χ3v) is 4.60. The average Bonchev–Trinajstić information content (AvgIpc) is 3.18. The van der Waals surface area contributed by atoms with E-state index in [1.165, 1.54) is 11.3 Å². The van der Waals surface area contributed by atoms with E-state index in [1.54, 1.807) is 4.90 Å². The van der Waals surface area contributed by atoms with Crippen molar-refractivity contribution >= 4 is 39.9 Å². The molecular formula is C12H14ClN3O2S. The van der Waals surface area contributed by atoms with Crippen LogP contribution in [0, 0.1) is 5.92 Å². The summed E-state index contributed by atoms with van der Waals surface area (Å²) in [4.78, 5) is 30.5. The lowest BCUT2D eigenvalue weighted by Crippen LogP contribution is -2.36. The van der Waals surface area contributed by atoms with Gasteiger partial charge in [-0.05, 0) is 12.8 Å². The van der Waals surface area contributed by atoms with Crippen molar-refractivity contribution in [2.24, 2.45) is 5.92 Å². The number of hydrogen-bond donors (Lipinski definition) is 1. The molecule has 0 unspecified atom stereocenters. The number of alkyl halides is 1. The number of fused-ring (bicyclic) bond motifs is 1. The van der Waals surface area contributed by atoms with Crippen LogP contribution in [0.2, 0.25) is 0 Å². The van der Waals surface area contributed by atoms with E-state index < -0.39 is 0 Å². The third-order valence-electron chi connectivity index (χ3n) is 3.38. The standard InChI is InChI=1S/C12H14ClN3O2S/c13-5-10(17)16-4-3-8-9(6-16)19-12(14-8)15-11(18)7-1-2-7/h7H,1-6H2,(H,14,15,18). The molecule has 1 aliphatic heterocycles. The van der Waals surface area contributed by atoms with Crippen molar-refractivity contribution in [3.63, 3.8) is 0 Å². The van der Waals surface area contributed by atoms with Crippen molar-refractivity contribution in [1.82, 2.24) is 9.88 Å². The molecule has 1 N–H and O–H groups in total. The van der Waals surface area contributed by atoms with E-state index in [0.29, 0.717) is 18.2 Å². The predicted octanol–water partition coefficient (Wildman–Crippen LogP) is 1.62. The molecule has 0 saturated heterocycles. The highest BCUT2D eigenvalue weighted by atomic mass is 35.5. The van der Waals surface area contributed by atoms with Crippen LogP contribution in [0.15, 0.2) is 0 Å². The summed E-state index contributed by atoms with van der Waals surface area (Å²) in [7, 11) is 0. The van der Waals surface area contributed by atoms with E-state index in [-0.39, 0.29) is 23.6 Å².